The molecule has 0 saturated heterocycles. The predicted molar refractivity (Wildman–Crippen MR) is 186 cm³/mol. The zero-order chi connectivity index (χ0) is 36.2. The Morgan fingerprint density at radius 2 is 1.64 bits per heavy atom. The van der Waals surface area contributed by atoms with Gasteiger partial charge in [-0.3, -0.25) is 19.0 Å². The van der Waals surface area contributed by atoms with Crippen LogP contribution in [-0.4, -0.2) is 65.9 Å². The number of carbonyl (C=O) groups is 3. The fourth-order valence-electron chi connectivity index (χ4n) is 6.08. The Bertz CT molecular complexity index is 1940. The number of anilines is 1. The molecule has 50 heavy (non-hydrogen) atoms. The van der Waals surface area contributed by atoms with E-state index in [9.17, 15) is 24.0 Å². The lowest BCUT2D eigenvalue weighted by Crippen LogP contribution is -2.50. The first-order valence-corrected chi connectivity index (χ1v) is 16.5. The van der Waals surface area contributed by atoms with Crippen molar-refractivity contribution in [2.45, 2.75) is 64.5 Å². The van der Waals surface area contributed by atoms with Crippen LogP contribution in [0.25, 0.3) is 22.5 Å². The molecule has 0 spiro atoms. The molecule has 0 unspecified atom stereocenters. The highest BCUT2D eigenvalue weighted by molar-refractivity contribution is 6.17. The molecule has 1 aliphatic carbocycles. The Morgan fingerprint density at radius 1 is 1.00 bits per heavy atom. The second-order valence-corrected chi connectivity index (χ2v) is 13.7. The fraction of sp³-hybridized carbons (Fsp3) is 0.429. The van der Waals surface area contributed by atoms with Gasteiger partial charge < -0.3 is 20.4 Å². The van der Waals surface area contributed by atoms with Crippen LogP contribution in [0, 0.1) is 11.8 Å². The third-order valence-electron chi connectivity index (χ3n) is 8.78. The number of benzene rings is 2. The Balaban J connectivity index is 1.31. The molecule has 3 amide bonds. The normalized spacial score (nSPS) is 16.8. The van der Waals surface area contributed by atoms with Crippen molar-refractivity contribution in [1.29, 1.82) is 0 Å². The highest BCUT2D eigenvalue weighted by Gasteiger charge is 2.35. The number of hydrogen-bond acceptors (Lipinski definition) is 10. The summed E-state index contributed by atoms with van der Waals surface area (Å²) in [6.45, 7) is 5.85. The number of hydrogen-bond donors (Lipinski definition) is 3. The molecule has 15 nitrogen and oxygen atoms in total. The van der Waals surface area contributed by atoms with Crippen LogP contribution in [-0.2, 0) is 34.8 Å². The van der Waals surface area contributed by atoms with Gasteiger partial charge in [-0.1, -0.05) is 24.3 Å². The number of nitrogens with one attached hydrogen (secondary N) is 2. The largest absolute Gasteiger partial charge is 0.444 e. The van der Waals surface area contributed by atoms with Crippen molar-refractivity contribution in [1.82, 2.24) is 35.1 Å². The van der Waals surface area contributed by atoms with Crippen molar-refractivity contribution < 1.29 is 19.1 Å². The van der Waals surface area contributed by atoms with Crippen LogP contribution >= 0.6 is 0 Å². The lowest BCUT2D eigenvalue weighted by atomic mass is 9.81. The van der Waals surface area contributed by atoms with Crippen molar-refractivity contribution in [2.24, 2.45) is 31.7 Å². The second-order valence-electron chi connectivity index (χ2n) is 13.7. The van der Waals surface area contributed by atoms with E-state index in [1.54, 1.807) is 76.3 Å². The van der Waals surface area contributed by atoms with Gasteiger partial charge in [-0.2, -0.15) is 5.21 Å². The molecule has 1 aliphatic rings. The number of imide groups is 1. The monoisotopic (exact) mass is 685 g/mol. The van der Waals surface area contributed by atoms with Crippen molar-refractivity contribution >= 4 is 23.6 Å². The van der Waals surface area contributed by atoms with Crippen LogP contribution in [0.2, 0.25) is 0 Å². The first-order valence-electron chi connectivity index (χ1n) is 16.5. The first-order chi connectivity index (χ1) is 23.7. The van der Waals surface area contributed by atoms with Gasteiger partial charge in [0.2, 0.25) is 11.7 Å². The maximum absolute atomic E-state index is 14.1. The fourth-order valence-corrected chi connectivity index (χ4v) is 6.08. The van der Waals surface area contributed by atoms with Crippen LogP contribution in [0.1, 0.15) is 52.0 Å². The molecule has 0 radical (unpaired) electrons. The number of aryl methyl sites for hydroxylation is 1. The van der Waals surface area contributed by atoms with E-state index < -0.39 is 40.8 Å². The maximum Gasteiger partial charge on any atom is 0.407 e. The topological polar surface area (TPSA) is 200 Å². The minimum absolute atomic E-state index is 0.137. The smallest absolute Gasteiger partial charge is 0.407 e. The van der Waals surface area contributed by atoms with E-state index in [0.29, 0.717) is 60.4 Å². The molecule has 1 fully saturated rings. The summed E-state index contributed by atoms with van der Waals surface area (Å²) in [6, 6.07) is 12.7. The molecule has 4 aromatic rings. The van der Waals surface area contributed by atoms with Crippen molar-refractivity contribution in [3.63, 3.8) is 0 Å². The number of nitrogens with two attached hydrogens (primary N) is 1. The Morgan fingerprint density at radius 3 is 2.24 bits per heavy atom. The summed E-state index contributed by atoms with van der Waals surface area (Å²) in [4.78, 5) is 66.3. The number of tetrazole rings is 1. The number of amides is 3. The summed E-state index contributed by atoms with van der Waals surface area (Å²) >= 11 is 0. The molecule has 1 atom stereocenters. The maximum atomic E-state index is 14.1. The highest BCUT2D eigenvalue weighted by Crippen LogP contribution is 2.32. The van der Waals surface area contributed by atoms with Gasteiger partial charge >= 0.3 is 11.8 Å². The van der Waals surface area contributed by atoms with E-state index in [-0.39, 0.29) is 18.2 Å². The zero-order valence-electron chi connectivity index (χ0n) is 28.9. The molecule has 1 saturated carbocycles. The molecular formula is C35H43N9O6. The lowest BCUT2D eigenvalue weighted by Gasteiger charge is -2.32. The second kappa shape index (κ2) is 15.0. The van der Waals surface area contributed by atoms with Gasteiger partial charge in [0.1, 0.15) is 5.60 Å². The average molecular weight is 686 g/mol. The Labute approximate surface area is 288 Å². The molecule has 4 N–H and O–H groups in total. The summed E-state index contributed by atoms with van der Waals surface area (Å²) in [6.07, 6.45) is 3.64. The van der Waals surface area contributed by atoms with Crippen molar-refractivity contribution in [2.75, 3.05) is 11.4 Å². The van der Waals surface area contributed by atoms with Gasteiger partial charge in [-0.15, -0.1) is 10.2 Å². The summed E-state index contributed by atoms with van der Waals surface area (Å²) in [5.74, 6) is -0.750. The number of nitrogens with zero attached hydrogens (tertiary/aromatic N) is 6. The van der Waals surface area contributed by atoms with E-state index in [0.717, 1.165) is 10.1 Å². The number of carbonyl (C=O) groups excluding carboxylic acids is 3. The number of H-pyrrole nitrogens is 1. The molecule has 2 heterocycles. The van der Waals surface area contributed by atoms with E-state index in [2.05, 4.69) is 25.9 Å². The predicted octanol–water partition coefficient (Wildman–Crippen LogP) is 2.69. The highest BCUT2D eigenvalue weighted by atomic mass is 16.6. The summed E-state index contributed by atoms with van der Waals surface area (Å²) in [5, 5.41) is 16.8. The zero-order valence-corrected chi connectivity index (χ0v) is 28.9. The van der Waals surface area contributed by atoms with E-state index >= 15 is 0 Å². The van der Waals surface area contributed by atoms with Gasteiger partial charge in [0.15, 0.2) is 0 Å². The lowest BCUT2D eigenvalue weighted by molar-refractivity contribution is -0.130. The van der Waals surface area contributed by atoms with Crippen LogP contribution < -0.4 is 27.2 Å². The van der Waals surface area contributed by atoms with Crippen molar-refractivity contribution in [3.8, 4) is 22.5 Å². The van der Waals surface area contributed by atoms with E-state index in [1.165, 1.54) is 22.7 Å². The van der Waals surface area contributed by atoms with Crippen LogP contribution in [0.15, 0.2) is 64.3 Å². The number of rotatable bonds is 9. The number of alkyl carbamates (subject to hydrolysis) is 1. The third-order valence-corrected chi connectivity index (χ3v) is 8.78. The van der Waals surface area contributed by atoms with E-state index in [4.69, 9.17) is 10.5 Å². The SMILES string of the molecule is Cn1cc(-c2ccc(C[C@H](N)C(=O)N(c3ccc(-c4nn[nH]n4)cc3)C(=O)[C@H]3CC[C@H](CNC(=O)OC(C)(C)C)CC3)cc2)c(=O)n(C)c1=O. The van der Waals surface area contributed by atoms with Gasteiger partial charge in [-0.25, -0.2) is 14.5 Å². The number of aromatic amines is 1. The summed E-state index contributed by atoms with van der Waals surface area (Å²) in [7, 11) is 3.00. The standard InChI is InChI=1S/C35H43N9O6/c1-35(2,3)50-33(48)37-19-22-8-12-25(13-9-22)30(45)44(26-16-14-24(15-17-26)29-38-40-41-39-29)32(47)28(36)18-21-6-10-23(11-7-21)27-20-42(4)34(49)43(5)31(27)46/h6-7,10-11,14-17,20,22,25,28H,8-9,12-13,18-19,36H2,1-5H3,(H,37,48)(H,38,39,40,41)/t22-,25-,28-/m0/s1. The third kappa shape index (κ3) is 8.40. The van der Waals surface area contributed by atoms with Gasteiger partial charge in [0.25, 0.3) is 11.5 Å². The quantitative estimate of drug-likeness (QED) is 0.235. The van der Waals surface area contributed by atoms with Gasteiger partial charge in [0, 0.05) is 38.3 Å². The first kappa shape index (κ1) is 35.9. The van der Waals surface area contributed by atoms with Crippen molar-refractivity contribution in [3.05, 3.63) is 81.1 Å². The van der Waals surface area contributed by atoms with Crippen LogP contribution in [0.3, 0.4) is 0 Å². The molecular weight excluding hydrogens is 642 g/mol. The van der Waals surface area contributed by atoms with E-state index in [1.807, 2.05) is 0 Å². The Kier molecular flexibility index (Phi) is 10.7. The molecule has 0 aliphatic heterocycles. The van der Waals surface area contributed by atoms with Gasteiger partial charge in [0.05, 0.1) is 17.3 Å². The Hall–Kier alpha value is -5.44. The van der Waals surface area contributed by atoms with Gasteiger partial charge in [-0.05, 0) is 99.4 Å². The number of ether oxygens (including phenoxy) is 1. The molecule has 15 heteroatoms. The molecule has 5 rings (SSSR count). The average Bonchev–Trinajstić information content (AvgIpc) is 3.63. The molecule has 2 aromatic heterocycles. The van der Waals surface area contributed by atoms with Crippen LogP contribution in [0.5, 0.6) is 0 Å². The molecule has 0 bridgehead atoms. The minimum atomic E-state index is -1.05. The van der Waals surface area contributed by atoms with Crippen LogP contribution in [0.4, 0.5) is 10.5 Å². The number of aromatic nitrogens is 6. The summed E-state index contributed by atoms with van der Waals surface area (Å²) < 4.78 is 7.72. The summed E-state index contributed by atoms with van der Waals surface area (Å²) in [5.41, 5.74) is 7.80. The molecule has 264 valence electrons. The minimum Gasteiger partial charge on any atom is -0.444 e. The molecule has 2 aromatic carbocycles.